The highest BCUT2D eigenvalue weighted by atomic mass is 19.1. The van der Waals surface area contributed by atoms with Crippen molar-refractivity contribution in [1.29, 1.82) is 0 Å². The summed E-state index contributed by atoms with van der Waals surface area (Å²) < 4.78 is 13.0. The number of hydrogen-bond donors (Lipinski definition) is 2. The van der Waals surface area contributed by atoms with Crippen LogP contribution in [0.5, 0.6) is 0 Å². The molecule has 21 heavy (non-hydrogen) atoms. The number of aryl methyl sites for hydroxylation is 1. The fraction of sp³-hybridized carbons (Fsp3) is 0.357. The Labute approximate surface area is 119 Å². The number of carbonyl (C=O) groups excluding carboxylic acids is 1. The van der Waals surface area contributed by atoms with E-state index in [0.29, 0.717) is 16.0 Å². The number of aliphatic carboxylic acids is 1. The van der Waals surface area contributed by atoms with Crippen molar-refractivity contribution < 1.29 is 29.0 Å². The topological polar surface area (TPSA) is 94.9 Å². The van der Waals surface area contributed by atoms with Gasteiger partial charge in [-0.15, -0.1) is 0 Å². The minimum absolute atomic E-state index is 0.0721. The monoisotopic (exact) mass is 295 g/mol. The average Bonchev–Trinajstić information content (AvgIpc) is 2.70. The van der Waals surface area contributed by atoms with Crippen molar-refractivity contribution in [3.05, 3.63) is 35.1 Å². The summed E-state index contributed by atoms with van der Waals surface area (Å²) in [4.78, 5) is 34.5. The first kappa shape index (κ1) is 15.0. The number of carboxylic acids is 1. The van der Waals surface area contributed by atoms with Crippen molar-refractivity contribution in [3.63, 3.8) is 0 Å². The van der Waals surface area contributed by atoms with Gasteiger partial charge < -0.3 is 10.2 Å². The molecule has 112 valence electrons. The standard InChI is InChI=1S/C14H14FNO5/c1-7-4-10(15)3-2-8(7)5-9-6-11(13(18)19)16(12(9)17)14(20)21/h2-4,9,11H,5-6H2,1H3,(H,18,19)(H,20,21). The van der Waals surface area contributed by atoms with E-state index in [0.717, 1.165) is 0 Å². The molecule has 2 unspecified atom stereocenters. The third-order valence-electron chi connectivity index (χ3n) is 3.67. The minimum atomic E-state index is -1.56. The SMILES string of the molecule is Cc1cc(F)ccc1CC1CC(C(=O)O)N(C(=O)O)C1=O. The molecule has 0 bridgehead atoms. The molecule has 1 heterocycles. The number of carboxylic acid groups (broad SMARTS) is 2. The van der Waals surface area contributed by atoms with E-state index >= 15 is 0 Å². The summed E-state index contributed by atoms with van der Waals surface area (Å²) in [7, 11) is 0. The van der Waals surface area contributed by atoms with E-state index in [-0.39, 0.29) is 12.8 Å². The molecule has 7 heteroatoms. The van der Waals surface area contributed by atoms with Gasteiger partial charge >= 0.3 is 12.1 Å². The molecule has 1 aliphatic rings. The predicted octanol–water partition coefficient (Wildman–Crippen LogP) is 1.66. The summed E-state index contributed by atoms with van der Waals surface area (Å²) in [5.41, 5.74) is 1.34. The Balaban J connectivity index is 2.23. The molecule has 0 spiro atoms. The van der Waals surface area contributed by atoms with Gasteiger partial charge in [-0.05, 0) is 43.0 Å². The van der Waals surface area contributed by atoms with Crippen molar-refractivity contribution in [2.45, 2.75) is 25.8 Å². The zero-order valence-corrected chi connectivity index (χ0v) is 11.2. The predicted molar refractivity (Wildman–Crippen MR) is 69.2 cm³/mol. The van der Waals surface area contributed by atoms with Crippen LogP contribution in [-0.2, 0) is 16.0 Å². The third kappa shape index (κ3) is 2.86. The van der Waals surface area contributed by atoms with Crippen LogP contribution in [0.2, 0.25) is 0 Å². The molecule has 6 nitrogen and oxygen atoms in total. The Hall–Kier alpha value is -2.44. The van der Waals surface area contributed by atoms with Crippen LogP contribution in [0.1, 0.15) is 17.5 Å². The molecule has 0 aliphatic carbocycles. The Morgan fingerprint density at radius 2 is 2.05 bits per heavy atom. The summed E-state index contributed by atoms with van der Waals surface area (Å²) in [5.74, 6) is -3.20. The lowest BCUT2D eigenvalue weighted by atomic mass is 9.93. The van der Waals surface area contributed by atoms with Crippen LogP contribution < -0.4 is 0 Å². The van der Waals surface area contributed by atoms with Crippen LogP contribution in [0.15, 0.2) is 18.2 Å². The summed E-state index contributed by atoms with van der Waals surface area (Å²) in [6.45, 7) is 1.68. The van der Waals surface area contributed by atoms with Gasteiger partial charge in [0.2, 0.25) is 5.91 Å². The van der Waals surface area contributed by atoms with Crippen molar-refractivity contribution in [1.82, 2.24) is 4.90 Å². The van der Waals surface area contributed by atoms with Crippen LogP contribution in [0.4, 0.5) is 9.18 Å². The number of hydrogen-bond acceptors (Lipinski definition) is 3. The molecule has 1 fully saturated rings. The van der Waals surface area contributed by atoms with E-state index in [9.17, 15) is 18.8 Å². The zero-order chi connectivity index (χ0) is 15.7. The van der Waals surface area contributed by atoms with E-state index in [4.69, 9.17) is 10.2 Å². The van der Waals surface area contributed by atoms with Gasteiger partial charge in [-0.2, -0.15) is 0 Å². The average molecular weight is 295 g/mol. The molecular weight excluding hydrogens is 281 g/mol. The maximum Gasteiger partial charge on any atom is 0.414 e. The second kappa shape index (κ2) is 5.51. The van der Waals surface area contributed by atoms with E-state index in [1.54, 1.807) is 6.92 Å². The highest BCUT2D eigenvalue weighted by Gasteiger charge is 2.46. The highest BCUT2D eigenvalue weighted by molar-refractivity contribution is 5.99. The number of imide groups is 1. The maximum absolute atomic E-state index is 13.0. The Bertz CT molecular complexity index is 615. The van der Waals surface area contributed by atoms with E-state index < -0.39 is 35.7 Å². The minimum Gasteiger partial charge on any atom is -0.480 e. The molecule has 2 rings (SSSR count). The van der Waals surface area contributed by atoms with E-state index in [2.05, 4.69) is 0 Å². The quantitative estimate of drug-likeness (QED) is 0.884. The van der Waals surface area contributed by atoms with Gasteiger partial charge in [-0.1, -0.05) is 6.07 Å². The lowest BCUT2D eigenvalue weighted by Gasteiger charge is -2.15. The number of carbonyl (C=O) groups is 3. The van der Waals surface area contributed by atoms with E-state index in [1.807, 2.05) is 0 Å². The molecular formula is C14H14FNO5. The molecule has 0 radical (unpaired) electrons. The van der Waals surface area contributed by atoms with Gasteiger partial charge in [0, 0.05) is 5.92 Å². The fourth-order valence-electron chi connectivity index (χ4n) is 2.59. The molecule has 0 saturated carbocycles. The molecule has 1 aromatic rings. The molecule has 1 aliphatic heterocycles. The summed E-state index contributed by atoms with van der Waals surface area (Å²) in [6, 6.07) is 2.74. The molecule has 2 N–H and O–H groups in total. The van der Waals surface area contributed by atoms with Crippen LogP contribution in [0, 0.1) is 18.7 Å². The summed E-state index contributed by atoms with van der Waals surface area (Å²) in [6.07, 6.45) is -1.44. The molecule has 1 saturated heterocycles. The van der Waals surface area contributed by atoms with Gasteiger partial charge in [0.05, 0.1) is 0 Å². The Morgan fingerprint density at radius 3 is 2.52 bits per heavy atom. The van der Waals surface area contributed by atoms with Crippen molar-refractivity contribution in [3.8, 4) is 0 Å². The summed E-state index contributed by atoms with van der Waals surface area (Å²) in [5, 5.41) is 18.0. The first-order chi connectivity index (χ1) is 9.81. The normalized spacial score (nSPS) is 21.6. The Morgan fingerprint density at radius 1 is 1.38 bits per heavy atom. The number of amides is 2. The Kier molecular flexibility index (Phi) is 3.93. The number of benzene rings is 1. The highest BCUT2D eigenvalue weighted by Crippen LogP contribution is 2.29. The van der Waals surface area contributed by atoms with Crippen LogP contribution in [-0.4, -0.2) is 39.1 Å². The fourth-order valence-corrected chi connectivity index (χ4v) is 2.59. The van der Waals surface area contributed by atoms with E-state index in [1.165, 1.54) is 18.2 Å². The molecule has 2 amide bonds. The van der Waals surface area contributed by atoms with Crippen molar-refractivity contribution in [2.75, 3.05) is 0 Å². The number of rotatable bonds is 3. The second-order valence-corrected chi connectivity index (χ2v) is 5.05. The van der Waals surface area contributed by atoms with Gasteiger partial charge in [-0.3, -0.25) is 4.79 Å². The van der Waals surface area contributed by atoms with Crippen LogP contribution in [0.3, 0.4) is 0 Å². The summed E-state index contributed by atoms with van der Waals surface area (Å²) >= 11 is 0. The first-order valence-corrected chi connectivity index (χ1v) is 6.35. The number of halogens is 1. The van der Waals surface area contributed by atoms with Crippen LogP contribution >= 0.6 is 0 Å². The lowest BCUT2D eigenvalue weighted by molar-refractivity contribution is -0.145. The lowest BCUT2D eigenvalue weighted by Crippen LogP contribution is -2.42. The van der Waals surface area contributed by atoms with Crippen molar-refractivity contribution >= 4 is 18.0 Å². The van der Waals surface area contributed by atoms with Gasteiger partial charge in [0.25, 0.3) is 0 Å². The van der Waals surface area contributed by atoms with Gasteiger partial charge in [0.15, 0.2) is 0 Å². The van der Waals surface area contributed by atoms with Crippen molar-refractivity contribution in [2.24, 2.45) is 5.92 Å². The maximum atomic E-state index is 13.0. The smallest absolute Gasteiger partial charge is 0.414 e. The number of nitrogens with zero attached hydrogens (tertiary/aromatic N) is 1. The largest absolute Gasteiger partial charge is 0.480 e. The molecule has 1 aromatic carbocycles. The number of likely N-dealkylation sites (tertiary alicyclic amines) is 1. The zero-order valence-electron chi connectivity index (χ0n) is 11.2. The van der Waals surface area contributed by atoms with Gasteiger partial charge in [-0.25, -0.2) is 18.9 Å². The first-order valence-electron chi connectivity index (χ1n) is 6.35. The molecule has 0 aromatic heterocycles. The molecule has 2 atom stereocenters. The third-order valence-corrected chi connectivity index (χ3v) is 3.67. The van der Waals surface area contributed by atoms with Crippen LogP contribution in [0.25, 0.3) is 0 Å². The second-order valence-electron chi connectivity index (χ2n) is 5.05. The van der Waals surface area contributed by atoms with Gasteiger partial charge in [0.1, 0.15) is 11.9 Å².